The predicted octanol–water partition coefficient (Wildman–Crippen LogP) is 5.84. The van der Waals surface area contributed by atoms with Crippen LogP contribution in [-0.2, 0) is 0 Å². The number of hydrogen-bond acceptors (Lipinski definition) is 5. The van der Waals surface area contributed by atoms with Crippen molar-refractivity contribution >= 4 is 28.6 Å². The van der Waals surface area contributed by atoms with Gasteiger partial charge in [-0.25, -0.2) is 9.37 Å². The van der Waals surface area contributed by atoms with Crippen molar-refractivity contribution in [3.05, 3.63) is 92.3 Å². The molecule has 0 saturated heterocycles. The molecule has 1 atom stereocenters. The molecule has 0 radical (unpaired) electrons. The van der Waals surface area contributed by atoms with Crippen LogP contribution in [-0.4, -0.2) is 25.5 Å². The first-order valence-electron chi connectivity index (χ1n) is 10.5. The number of nitrogens with zero attached hydrogens (tertiary/aromatic N) is 5. The minimum atomic E-state index is -0.385. The van der Waals surface area contributed by atoms with Gasteiger partial charge in [-0.1, -0.05) is 30.7 Å². The van der Waals surface area contributed by atoms with Crippen LogP contribution in [0.2, 0.25) is 5.02 Å². The summed E-state index contributed by atoms with van der Waals surface area (Å²) in [5.41, 5.74) is 4.42. The molecular formula is C25H19ClFN5S. The van der Waals surface area contributed by atoms with E-state index in [1.165, 1.54) is 12.3 Å². The Morgan fingerprint density at radius 2 is 1.88 bits per heavy atom. The Bertz CT molecular complexity index is 1440. The number of thiophene rings is 1. The number of fused-ring (bicyclic) bond motifs is 3. The lowest BCUT2D eigenvalue weighted by molar-refractivity contribution is 0.621. The summed E-state index contributed by atoms with van der Waals surface area (Å²) in [6.45, 7) is 6.10. The zero-order chi connectivity index (χ0) is 23.1. The Morgan fingerprint density at radius 1 is 1.09 bits per heavy atom. The van der Waals surface area contributed by atoms with E-state index in [1.54, 1.807) is 17.4 Å². The Labute approximate surface area is 200 Å². The molecule has 0 fully saturated rings. The van der Waals surface area contributed by atoms with Crippen molar-refractivity contribution in [2.75, 3.05) is 0 Å². The summed E-state index contributed by atoms with van der Waals surface area (Å²) in [5, 5.41) is 10.5. The average molecular weight is 476 g/mol. The topological polar surface area (TPSA) is 56.0 Å². The lowest BCUT2D eigenvalue weighted by Gasteiger charge is -2.10. The van der Waals surface area contributed by atoms with Crippen molar-refractivity contribution in [1.29, 1.82) is 0 Å². The molecule has 1 aliphatic rings. The van der Waals surface area contributed by atoms with Crippen LogP contribution >= 0.6 is 22.9 Å². The summed E-state index contributed by atoms with van der Waals surface area (Å²) in [5.74, 6) is 7.52. The molecule has 4 aromatic rings. The minimum absolute atomic E-state index is 0.117. The molecule has 8 heteroatoms. The van der Waals surface area contributed by atoms with E-state index in [0.29, 0.717) is 10.7 Å². The Kier molecular flexibility index (Phi) is 5.57. The van der Waals surface area contributed by atoms with E-state index in [0.717, 1.165) is 50.3 Å². The quantitative estimate of drug-likeness (QED) is 0.342. The number of aliphatic imine (C=N–C) groups is 1. The van der Waals surface area contributed by atoms with Crippen molar-refractivity contribution in [2.24, 2.45) is 4.99 Å². The molecular weight excluding hydrogens is 457 g/mol. The third-order valence-electron chi connectivity index (χ3n) is 5.54. The van der Waals surface area contributed by atoms with Gasteiger partial charge in [-0.3, -0.25) is 9.56 Å². The maximum absolute atomic E-state index is 13.2. The van der Waals surface area contributed by atoms with E-state index in [-0.39, 0.29) is 11.9 Å². The molecule has 3 aromatic heterocycles. The van der Waals surface area contributed by atoms with Gasteiger partial charge in [-0.15, -0.1) is 21.5 Å². The Morgan fingerprint density at radius 3 is 2.58 bits per heavy atom. The molecule has 1 aliphatic heterocycles. The molecule has 1 aromatic carbocycles. The molecule has 0 N–H and O–H groups in total. The summed E-state index contributed by atoms with van der Waals surface area (Å²) in [4.78, 5) is 10.1. The fourth-order valence-electron chi connectivity index (χ4n) is 3.85. The summed E-state index contributed by atoms with van der Waals surface area (Å²) in [6, 6.07) is 10.5. The van der Waals surface area contributed by atoms with Gasteiger partial charge in [0.2, 0.25) is 0 Å². The minimum Gasteiger partial charge on any atom is -0.273 e. The molecule has 0 spiro atoms. The summed E-state index contributed by atoms with van der Waals surface area (Å²) >= 11 is 7.73. The Hall–Kier alpha value is -3.34. The molecule has 0 saturated carbocycles. The van der Waals surface area contributed by atoms with Crippen LogP contribution in [0.4, 0.5) is 4.39 Å². The third kappa shape index (κ3) is 3.86. The number of halogens is 2. The number of hydrogen-bond donors (Lipinski definition) is 0. The molecule has 0 bridgehead atoms. The van der Waals surface area contributed by atoms with Gasteiger partial charge in [0.25, 0.3) is 0 Å². The van der Waals surface area contributed by atoms with E-state index in [4.69, 9.17) is 16.6 Å². The van der Waals surface area contributed by atoms with Gasteiger partial charge in [-0.05, 0) is 61.9 Å². The van der Waals surface area contributed by atoms with Crippen molar-refractivity contribution in [2.45, 2.75) is 33.2 Å². The summed E-state index contributed by atoms with van der Waals surface area (Å²) in [6.07, 6.45) is 1.97. The highest BCUT2D eigenvalue weighted by Crippen LogP contribution is 2.39. The van der Waals surface area contributed by atoms with Gasteiger partial charge >= 0.3 is 0 Å². The van der Waals surface area contributed by atoms with Crippen LogP contribution in [0.15, 0.2) is 47.6 Å². The average Bonchev–Trinajstić information content (AvgIpc) is 3.30. The first-order chi connectivity index (χ1) is 16.0. The fraction of sp³-hybridized carbons (Fsp3) is 0.200. The summed E-state index contributed by atoms with van der Waals surface area (Å²) in [7, 11) is 0. The lowest BCUT2D eigenvalue weighted by atomic mass is 9.99. The SMILES string of the molecule is CC[C@@H]1N=C(c2ccc(Cl)cc2)c2c(sc(C#Cc3ccc(F)cn3)c2C)-n2c(C)nnc21. The third-order valence-corrected chi connectivity index (χ3v) is 6.98. The van der Waals surface area contributed by atoms with Gasteiger partial charge in [-0.2, -0.15) is 0 Å². The van der Waals surface area contributed by atoms with Crippen molar-refractivity contribution < 1.29 is 4.39 Å². The highest BCUT2D eigenvalue weighted by Gasteiger charge is 2.31. The molecule has 5 nitrogen and oxygen atoms in total. The zero-order valence-electron chi connectivity index (χ0n) is 18.2. The maximum Gasteiger partial charge on any atom is 0.163 e. The normalized spacial score (nSPS) is 14.6. The van der Waals surface area contributed by atoms with Gasteiger partial charge in [0.15, 0.2) is 5.82 Å². The van der Waals surface area contributed by atoms with E-state index < -0.39 is 0 Å². The predicted molar refractivity (Wildman–Crippen MR) is 129 cm³/mol. The van der Waals surface area contributed by atoms with Crippen LogP contribution in [0.1, 0.15) is 58.3 Å². The molecule has 4 heterocycles. The number of aryl methyl sites for hydroxylation is 1. The summed E-state index contributed by atoms with van der Waals surface area (Å²) < 4.78 is 15.3. The molecule has 0 unspecified atom stereocenters. The number of benzene rings is 1. The van der Waals surface area contributed by atoms with Crippen LogP contribution < -0.4 is 0 Å². The second-order valence-electron chi connectivity index (χ2n) is 7.70. The van der Waals surface area contributed by atoms with Crippen molar-refractivity contribution in [1.82, 2.24) is 19.7 Å². The van der Waals surface area contributed by atoms with E-state index in [2.05, 4.69) is 45.4 Å². The zero-order valence-corrected chi connectivity index (χ0v) is 19.8. The fourth-order valence-corrected chi connectivity index (χ4v) is 5.19. The maximum atomic E-state index is 13.2. The molecule has 5 rings (SSSR count). The van der Waals surface area contributed by atoms with E-state index >= 15 is 0 Å². The highest BCUT2D eigenvalue weighted by atomic mass is 35.5. The first-order valence-corrected chi connectivity index (χ1v) is 11.7. The number of aromatic nitrogens is 4. The molecule has 33 heavy (non-hydrogen) atoms. The van der Waals surface area contributed by atoms with Gasteiger partial charge in [0, 0.05) is 16.1 Å². The van der Waals surface area contributed by atoms with E-state index in [9.17, 15) is 4.39 Å². The first kappa shape index (κ1) is 21.5. The Balaban J connectivity index is 1.73. The standard InChI is InChI=1S/C25H19ClFN5S/c1-4-20-24-31-30-15(3)32(24)25-22(23(29-20)16-5-7-17(26)8-6-16)14(2)21(33-25)12-11-19-10-9-18(27)13-28-19/h5-10,13,20H,4H2,1-3H3/t20-/m0/s1. The highest BCUT2D eigenvalue weighted by molar-refractivity contribution is 7.15. The van der Waals surface area contributed by atoms with Crippen LogP contribution in [0.25, 0.3) is 5.00 Å². The second-order valence-corrected chi connectivity index (χ2v) is 9.13. The monoisotopic (exact) mass is 475 g/mol. The smallest absolute Gasteiger partial charge is 0.163 e. The molecule has 164 valence electrons. The van der Waals surface area contributed by atoms with Gasteiger partial charge in [0.1, 0.15) is 28.4 Å². The molecule has 0 amide bonds. The largest absolute Gasteiger partial charge is 0.273 e. The van der Waals surface area contributed by atoms with Crippen molar-refractivity contribution in [3.8, 4) is 16.8 Å². The van der Waals surface area contributed by atoms with Crippen LogP contribution in [0.3, 0.4) is 0 Å². The lowest BCUT2D eigenvalue weighted by Crippen LogP contribution is -2.07. The van der Waals surface area contributed by atoms with E-state index in [1.807, 2.05) is 31.2 Å². The van der Waals surface area contributed by atoms with Gasteiger partial charge < -0.3 is 0 Å². The van der Waals surface area contributed by atoms with Crippen molar-refractivity contribution in [3.63, 3.8) is 0 Å². The number of rotatable bonds is 2. The van der Waals surface area contributed by atoms with Gasteiger partial charge in [0.05, 0.1) is 16.8 Å². The molecule has 0 aliphatic carbocycles. The van der Waals surface area contributed by atoms with Crippen LogP contribution in [0.5, 0.6) is 0 Å². The van der Waals surface area contributed by atoms with Crippen LogP contribution in [0, 0.1) is 31.5 Å². The number of pyridine rings is 1. The second kappa shape index (κ2) is 8.54.